The van der Waals surface area contributed by atoms with Crippen molar-refractivity contribution in [3.8, 4) is 11.5 Å². The van der Waals surface area contributed by atoms with Gasteiger partial charge < -0.3 is 19.8 Å². The highest BCUT2D eigenvalue weighted by Crippen LogP contribution is 2.40. The maximum absolute atomic E-state index is 14.2. The first-order valence-corrected chi connectivity index (χ1v) is 12.8. The van der Waals surface area contributed by atoms with Gasteiger partial charge in [-0.05, 0) is 36.5 Å². The first-order chi connectivity index (χ1) is 18.0. The van der Waals surface area contributed by atoms with Crippen LogP contribution in [0.1, 0.15) is 63.5 Å². The smallest absolute Gasteiger partial charge is 0.260 e. The van der Waals surface area contributed by atoms with Crippen LogP contribution in [0.4, 0.5) is 4.39 Å². The highest BCUT2D eigenvalue weighted by atomic mass is 35.5. The van der Waals surface area contributed by atoms with E-state index in [1.54, 1.807) is 4.68 Å². The summed E-state index contributed by atoms with van der Waals surface area (Å²) >= 11 is 5.79. The molecule has 3 heterocycles. The minimum absolute atomic E-state index is 0.0237. The molecule has 1 saturated heterocycles. The van der Waals surface area contributed by atoms with Crippen molar-refractivity contribution in [1.82, 2.24) is 35.4 Å². The number of amides is 2. The summed E-state index contributed by atoms with van der Waals surface area (Å²) < 4.78 is 20.9. The van der Waals surface area contributed by atoms with Crippen LogP contribution in [0, 0.1) is 11.2 Å². The molecule has 2 N–H and O–H groups in total. The zero-order chi connectivity index (χ0) is 27.2. The Kier molecular flexibility index (Phi) is 6.95. The van der Waals surface area contributed by atoms with Crippen molar-refractivity contribution < 1.29 is 23.6 Å². The second kappa shape index (κ2) is 10.1. The molecule has 1 aromatic carbocycles. The van der Waals surface area contributed by atoms with Crippen LogP contribution >= 0.6 is 11.6 Å². The van der Waals surface area contributed by atoms with Gasteiger partial charge in [-0.2, -0.15) is 4.98 Å². The lowest BCUT2D eigenvalue weighted by atomic mass is 9.85. The van der Waals surface area contributed by atoms with Gasteiger partial charge in [0.1, 0.15) is 17.9 Å². The number of hydrogen-bond donors (Lipinski definition) is 2. The molecule has 38 heavy (non-hydrogen) atoms. The number of rotatable bonds is 7. The molecule has 0 radical (unpaired) electrons. The Morgan fingerprint density at radius 3 is 2.76 bits per heavy atom. The number of aliphatic hydroxyl groups is 1. The zero-order valence-electron chi connectivity index (χ0n) is 21.3. The second-order valence-electron chi connectivity index (χ2n) is 10.9. The number of carbonyl (C=O) groups excluding carboxylic acids is 2. The van der Waals surface area contributed by atoms with E-state index in [2.05, 4.69) is 25.8 Å². The van der Waals surface area contributed by atoms with Gasteiger partial charge in [-0.1, -0.05) is 42.7 Å². The van der Waals surface area contributed by atoms with Crippen molar-refractivity contribution in [3.63, 3.8) is 0 Å². The highest BCUT2D eigenvalue weighted by molar-refractivity contribution is 6.30. The third-order valence-corrected chi connectivity index (χ3v) is 6.99. The van der Waals surface area contributed by atoms with Crippen LogP contribution in [0.3, 0.4) is 0 Å². The van der Waals surface area contributed by atoms with E-state index >= 15 is 0 Å². The molecule has 3 atom stereocenters. The first kappa shape index (κ1) is 26.2. The Morgan fingerprint density at radius 1 is 1.32 bits per heavy atom. The highest BCUT2D eigenvalue weighted by Gasteiger charge is 2.45. The van der Waals surface area contributed by atoms with Crippen molar-refractivity contribution in [3.05, 3.63) is 46.8 Å². The summed E-state index contributed by atoms with van der Waals surface area (Å²) in [6.45, 7) is 5.69. The molecule has 1 aliphatic heterocycles. The quantitative estimate of drug-likeness (QED) is 0.462. The summed E-state index contributed by atoms with van der Waals surface area (Å²) in [6.07, 6.45) is 3.17. The number of carbonyl (C=O) groups is 2. The Labute approximate surface area is 223 Å². The predicted octanol–water partition coefficient (Wildman–Crippen LogP) is 2.86. The van der Waals surface area contributed by atoms with E-state index in [0.717, 1.165) is 24.6 Å². The van der Waals surface area contributed by atoms with Gasteiger partial charge in [-0.25, -0.2) is 9.07 Å². The number of aromatic nitrogens is 5. The van der Waals surface area contributed by atoms with Crippen LogP contribution in [0.2, 0.25) is 5.02 Å². The van der Waals surface area contributed by atoms with Crippen LogP contribution in [-0.2, 0) is 16.1 Å². The molecular weight excluding hydrogens is 517 g/mol. The summed E-state index contributed by atoms with van der Waals surface area (Å²) in [5, 5.41) is 25.6. The summed E-state index contributed by atoms with van der Waals surface area (Å²) in [7, 11) is 0. The second-order valence-corrected chi connectivity index (χ2v) is 11.4. The van der Waals surface area contributed by atoms with E-state index < -0.39 is 35.3 Å². The monoisotopic (exact) mass is 545 g/mol. The molecule has 13 heteroatoms. The van der Waals surface area contributed by atoms with Gasteiger partial charge in [0.25, 0.3) is 5.89 Å². The van der Waals surface area contributed by atoms with Crippen molar-refractivity contribution in [1.29, 1.82) is 0 Å². The molecule has 202 valence electrons. The van der Waals surface area contributed by atoms with Crippen LogP contribution in [0.25, 0.3) is 11.5 Å². The molecule has 2 amide bonds. The van der Waals surface area contributed by atoms with Gasteiger partial charge in [-0.15, -0.1) is 5.10 Å². The van der Waals surface area contributed by atoms with Crippen molar-refractivity contribution in [2.24, 2.45) is 5.41 Å². The van der Waals surface area contributed by atoms with Gasteiger partial charge in [-0.3, -0.25) is 9.59 Å². The van der Waals surface area contributed by atoms with E-state index in [4.69, 9.17) is 16.1 Å². The molecule has 2 fully saturated rings. The summed E-state index contributed by atoms with van der Waals surface area (Å²) in [6, 6.07) is 2.45. The number of nitrogens with one attached hydrogen (secondary N) is 1. The summed E-state index contributed by atoms with van der Waals surface area (Å²) in [5.74, 6) is -0.945. The lowest BCUT2D eigenvalue weighted by Crippen LogP contribution is -2.50. The summed E-state index contributed by atoms with van der Waals surface area (Å²) in [4.78, 5) is 32.5. The van der Waals surface area contributed by atoms with Crippen LogP contribution < -0.4 is 5.32 Å². The standard InChI is InChI=1S/C25H29ClFN7O4/c1-25(2,3)21(34-12-18(30-32-34)13-4-5-13)24(37)33-11-15(35)9-19(33)22(36)28-10-20-29-23(38-31-20)16-7-6-14(26)8-17(16)27/h6-8,12-13,15,19,21,35H,4-5,9-11H2,1-3H3,(H,28,36)/t15-,19+,21-/m1/s1. The Balaban J connectivity index is 1.29. The third-order valence-electron chi connectivity index (χ3n) is 6.76. The maximum atomic E-state index is 14.2. The topological polar surface area (TPSA) is 139 Å². The van der Waals surface area contributed by atoms with Crippen LogP contribution in [-0.4, -0.2) is 65.6 Å². The average molecular weight is 546 g/mol. The van der Waals surface area contributed by atoms with Gasteiger partial charge in [0.05, 0.1) is 23.9 Å². The normalized spacial score (nSPS) is 20.5. The fourth-order valence-electron chi connectivity index (χ4n) is 4.71. The van der Waals surface area contributed by atoms with E-state index in [1.165, 1.54) is 17.0 Å². The Morgan fingerprint density at radius 2 is 2.08 bits per heavy atom. The number of aliphatic hydroxyl groups excluding tert-OH is 1. The lowest BCUT2D eigenvalue weighted by Gasteiger charge is -2.34. The minimum Gasteiger partial charge on any atom is -0.391 e. The van der Waals surface area contributed by atoms with E-state index in [-0.39, 0.29) is 47.7 Å². The summed E-state index contributed by atoms with van der Waals surface area (Å²) in [5.41, 5.74) is 0.417. The Hall–Kier alpha value is -3.38. The number of nitrogens with zero attached hydrogens (tertiary/aromatic N) is 6. The lowest BCUT2D eigenvalue weighted by molar-refractivity contribution is -0.144. The number of β-amino-alcohol motifs (C(OH)–C–C–N with tert-alkyl or cyclic N) is 1. The van der Waals surface area contributed by atoms with E-state index in [1.807, 2.05) is 27.0 Å². The van der Waals surface area contributed by atoms with Crippen LogP contribution in [0.15, 0.2) is 28.9 Å². The largest absolute Gasteiger partial charge is 0.391 e. The van der Waals surface area contributed by atoms with Gasteiger partial charge >= 0.3 is 0 Å². The van der Waals surface area contributed by atoms with E-state index in [9.17, 15) is 19.1 Å². The molecule has 2 aromatic heterocycles. The molecule has 1 saturated carbocycles. The van der Waals surface area contributed by atoms with Crippen molar-refractivity contribution in [2.75, 3.05) is 6.54 Å². The predicted molar refractivity (Wildman–Crippen MR) is 133 cm³/mol. The van der Waals surface area contributed by atoms with E-state index in [0.29, 0.717) is 5.92 Å². The fraction of sp³-hybridized carbons (Fsp3) is 0.520. The molecule has 11 nitrogen and oxygen atoms in total. The third kappa shape index (κ3) is 5.41. The number of halogens is 2. The SMILES string of the molecule is CC(C)(C)[C@@H](C(=O)N1C[C@H](O)C[C@H]1C(=O)NCc1noc(-c2ccc(Cl)cc2F)n1)n1cc(C2CC2)nn1. The first-order valence-electron chi connectivity index (χ1n) is 12.5. The van der Waals surface area contributed by atoms with Gasteiger partial charge in [0.15, 0.2) is 5.82 Å². The molecule has 5 rings (SSSR count). The molecule has 1 aliphatic carbocycles. The van der Waals surface area contributed by atoms with Crippen molar-refractivity contribution >= 4 is 23.4 Å². The molecule has 2 aliphatic rings. The number of hydrogen-bond acceptors (Lipinski definition) is 8. The number of likely N-dealkylation sites (tertiary alicyclic amines) is 1. The minimum atomic E-state index is -0.895. The fourth-order valence-corrected chi connectivity index (χ4v) is 4.87. The Bertz CT molecular complexity index is 1350. The average Bonchev–Trinajstić information content (AvgIpc) is 3.22. The maximum Gasteiger partial charge on any atom is 0.260 e. The van der Waals surface area contributed by atoms with Crippen LogP contribution in [0.5, 0.6) is 0 Å². The number of benzene rings is 1. The van der Waals surface area contributed by atoms with Gasteiger partial charge in [0, 0.05) is 30.1 Å². The molecule has 3 aromatic rings. The molecule has 0 bridgehead atoms. The molecular formula is C25H29ClFN7O4. The molecule has 0 unspecified atom stereocenters. The van der Waals surface area contributed by atoms with Gasteiger partial charge in [0.2, 0.25) is 11.8 Å². The zero-order valence-corrected chi connectivity index (χ0v) is 22.0. The van der Waals surface area contributed by atoms with Crippen molar-refractivity contribution in [2.45, 2.75) is 70.7 Å². The molecule has 0 spiro atoms.